The summed E-state index contributed by atoms with van der Waals surface area (Å²) in [5.41, 5.74) is 0. The topological polar surface area (TPSA) is 66.0 Å². The molecule has 0 aliphatic heterocycles. The molecule has 0 saturated carbocycles. The van der Waals surface area contributed by atoms with Crippen molar-refractivity contribution >= 4 is 10.8 Å². The Balaban J connectivity index is 2.21. The van der Waals surface area contributed by atoms with Gasteiger partial charge >= 0.3 is 0 Å². The van der Waals surface area contributed by atoms with Gasteiger partial charge in [0.2, 0.25) is 5.76 Å². The highest BCUT2D eigenvalue weighted by Gasteiger charge is 2.00. The highest BCUT2D eigenvalue weighted by molar-refractivity contribution is 7.84. The van der Waals surface area contributed by atoms with Gasteiger partial charge in [-0.2, -0.15) is 5.26 Å². The molecule has 0 spiro atoms. The Morgan fingerprint density at radius 1 is 1.60 bits per heavy atom. The summed E-state index contributed by atoms with van der Waals surface area (Å²) >= 11 is 0. The smallest absolute Gasteiger partial charge is 0.203 e. The van der Waals surface area contributed by atoms with Crippen molar-refractivity contribution in [3.63, 3.8) is 0 Å². The first-order chi connectivity index (χ1) is 7.26. The fourth-order valence-electron chi connectivity index (χ4n) is 1.07. The van der Waals surface area contributed by atoms with Crippen molar-refractivity contribution < 1.29 is 8.63 Å². The zero-order valence-electron chi connectivity index (χ0n) is 8.66. The van der Waals surface area contributed by atoms with Gasteiger partial charge in [0.15, 0.2) is 0 Å². The highest BCUT2D eigenvalue weighted by Crippen LogP contribution is 2.05. The molecule has 1 atom stereocenters. The zero-order valence-corrected chi connectivity index (χ0v) is 9.47. The van der Waals surface area contributed by atoms with Gasteiger partial charge in [-0.15, -0.1) is 0 Å². The van der Waals surface area contributed by atoms with Gasteiger partial charge in [-0.25, -0.2) is 0 Å². The molecule has 4 nitrogen and oxygen atoms in total. The summed E-state index contributed by atoms with van der Waals surface area (Å²) in [6.45, 7) is 3.17. The number of nitriles is 1. The van der Waals surface area contributed by atoms with Crippen molar-refractivity contribution in [2.24, 2.45) is 0 Å². The fourth-order valence-corrected chi connectivity index (χ4v) is 1.74. The lowest BCUT2D eigenvalue weighted by Crippen LogP contribution is -2.20. The number of hydrogen-bond acceptors (Lipinski definition) is 4. The van der Waals surface area contributed by atoms with Crippen LogP contribution in [0.1, 0.15) is 18.4 Å². The molecule has 5 heteroatoms. The lowest BCUT2D eigenvalue weighted by molar-refractivity contribution is 0.478. The lowest BCUT2D eigenvalue weighted by Gasteiger charge is -2.01. The molecule has 0 radical (unpaired) electrons. The second-order valence-corrected chi connectivity index (χ2v) is 4.85. The minimum absolute atomic E-state index is 0.323. The van der Waals surface area contributed by atoms with Crippen LogP contribution in [0.5, 0.6) is 0 Å². The van der Waals surface area contributed by atoms with Crippen LogP contribution in [-0.2, 0) is 17.3 Å². The summed E-state index contributed by atoms with van der Waals surface area (Å²) in [4.78, 5) is 0. The lowest BCUT2D eigenvalue weighted by atomic mass is 10.4. The van der Waals surface area contributed by atoms with Crippen molar-refractivity contribution in [2.45, 2.75) is 13.5 Å². The van der Waals surface area contributed by atoms with Crippen molar-refractivity contribution in [2.75, 3.05) is 18.1 Å². The summed E-state index contributed by atoms with van der Waals surface area (Å²) in [5, 5.41) is 11.6. The zero-order chi connectivity index (χ0) is 11.1. The van der Waals surface area contributed by atoms with Crippen LogP contribution in [-0.4, -0.2) is 22.3 Å². The summed E-state index contributed by atoms with van der Waals surface area (Å²) in [5.74, 6) is 2.40. The molecule has 0 fully saturated rings. The maximum absolute atomic E-state index is 11.1. The SMILES string of the molecule is CCS(=O)CCNCc1ccc(C#N)o1. The Morgan fingerprint density at radius 3 is 3.00 bits per heavy atom. The number of rotatable bonds is 6. The third kappa shape index (κ3) is 4.28. The van der Waals surface area contributed by atoms with E-state index in [0.717, 1.165) is 5.76 Å². The molecule has 0 amide bonds. The van der Waals surface area contributed by atoms with Gasteiger partial charge < -0.3 is 9.73 Å². The third-order valence-electron chi connectivity index (χ3n) is 1.90. The molecule has 82 valence electrons. The molecule has 1 N–H and O–H groups in total. The van der Waals surface area contributed by atoms with E-state index in [1.807, 2.05) is 13.0 Å². The molecule has 0 aliphatic carbocycles. The van der Waals surface area contributed by atoms with E-state index < -0.39 is 10.8 Å². The van der Waals surface area contributed by atoms with Crippen LogP contribution < -0.4 is 5.32 Å². The first kappa shape index (κ1) is 12.0. The Bertz CT molecular complexity index is 368. The van der Waals surface area contributed by atoms with Crippen molar-refractivity contribution in [1.29, 1.82) is 5.26 Å². The second kappa shape index (κ2) is 6.38. The molecule has 1 heterocycles. The Kier molecular flexibility index (Phi) is 5.08. The van der Waals surface area contributed by atoms with Gasteiger partial charge in [0, 0.05) is 28.9 Å². The van der Waals surface area contributed by atoms with Crippen molar-refractivity contribution in [3.8, 4) is 6.07 Å². The van der Waals surface area contributed by atoms with Crippen LogP contribution in [0.4, 0.5) is 0 Å². The predicted octanol–water partition coefficient (Wildman–Crippen LogP) is 1.01. The van der Waals surface area contributed by atoms with Crippen molar-refractivity contribution in [1.82, 2.24) is 5.32 Å². The molecular weight excluding hydrogens is 212 g/mol. The van der Waals surface area contributed by atoms with E-state index in [4.69, 9.17) is 9.68 Å². The van der Waals surface area contributed by atoms with E-state index >= 15 is 0 Å². The van der Waals surface area contributed by atoms with Crippen LogP contribution in [0.25, 0.3) is 0 Å². The van der Waals surface area contributed by atoms with E-state index in [0.29, 0.717) is 30.4 Å². The molecular formula is C10H14N2O2S. The van der Waals surface area contributed by atoms with E-state index in [1.165, 1.54) is 0 Å². The summed E-state index contributed by atoms with van der Waals surface area (Å²) in [7, 11) is -0.727. The highest BCUT2D eigenvalue weighted by atomic mass is 32.2. The summed E-state index contributed by atoms with van der Waals surface area (Å²) in [6.07, 6.45) is 0. The van der Waals surface area contributed by atoms with Crippen LogP contribution >= 0.6 is 0 Å². The molecule has 15 heavy (non-hydrogen) atoms. The Labute approximate surface area is 91.7 Å². The number of nitrogens with one attached hydrogen (secondary N) is 1. The van der Waals surface area contributed by atoms with Gasteiger partial charge in [-0.05, 0) is 12.1 Å². The maximum atomic E-state index is 11.1. The Hall–Kier alpha value is -1.12. The molecule has 0 aliphatic rings. The van der Waals surface area contributed by atoms with Crippen LogP contribution in [0.15, 0.2) is 16.5 Å². The number of nitrogens with zero attached hydrogens (tertiary/aromatic N) is 1. The van der Waals surface area contributed by atoms with Gasteiger partial charge in [0.05, 0.1) is 6.54 Å². The third-order valence-corrected chi connectivity index (χ3v) is 3.20. The molecule has 1 unspecified atom stereocenters. The minimum atomic E-state index is -0.727. The van der Waals surface area contributed by atoms with Crippen LogP contribution in [0.2, 0.25) is 0 Å². The maximum Gasteiger partial charge on any atom is 0.203 e. The fraction of sp³-hybridized carbons (Fsp3) is 0.500. The van der Waals surface area contributed by atoms with E-state index in [9.17, 15) is 4.21 Å². The minimum Gasteiger partial charge on any atom is -0.449 e. The van der Waals surface area contributed by atoms with Crippen molar-refractivity contribution in [3.05, 3.63) is 23.7 Å². The largest absolute Gasteiger partial charge is 0.449 e. The molecule has 1 aromatic heterocycles. The molecule has 0 saturated heterocycles. The monoisotopic (exact) mass is 226 g/mol. The standard InChI is InChI=1S/C10H14N2O2S/c1-2-15(13)6-5-12-8-10-4-3-9(7-11)14-10/h3-4,12H,2,5-6,8H2,1H3. The molecule has 0 bridgehead atoms. The number of hydrogen-bond donors (Lipinski definition) is 1. The van der Waals surface area contributed by atoms with Gasteiger partial charge in [-0.3, -0.25) is 4.21 Å². The Morgan fingerprint density at radius 2 is 2.40 bits per heavy atom. The average molecular weight is 226 g/mol. The first-order valence-corrected chi connectivity index (χ1v) is 6.29. The van der Waals surface area contributed by atoms with E-state index in [-0.39, 0.29) is 0 Å². The van der Waals surface area contributed by atoms with Gasteiger partial charge in [-0.1, -0.05) is 6.92 Å². The van der Waals surface area contributed by atoms with Gasteiger partial charge in [0.25, 0.3) is 0 Å². The van der Waals surface area contributed by atoms with E-state index in [2.05, 4.69) is 5.32 Å². The molecule has 0 aromatic carbocycles. The average Bonchev–Trinajstić information content (AvgIpc) is 2.72. The first-order valence-electron chi connectivity index (χ1n) is 4.80. The predicted molar refractivity (Wildman–Crippen MR) is 58.7 cm³/mol. The molecule has 1 aromatic rings. The number of furan rings is 1. The van der Waals surface area contributed by atoms with E-state index in [1.54, 1.807) is 12.1 Å². The van der Waals surface area contributed by atoms with Crippen LogP contribution in [0.3, 0.4) is 0 Å². The summed E-state index contributed by atoms with van der Waals surface area (Å²) < 4.78 is 16.2. The second-order valence-electron chi connectivity index (χ2n) is 2.99. The molecule has 1 rings (SSSR count). The van der Waals surface area contributed by atoms with Gasteiger partial charge in [0.1, 0.15) is 11.8 Å². The normalized spacial score (nSPS) is 12.3. The van der Waals surface area contributed by atoms with Crippen LogP contribution in [0, 0.1) is 11.3 Å². The summed E-state index contributed by atoms with van der Waals surface area (Å²) in [6, 6.07) is 5.33. The quantitative estimate of drug-likeness (QED) is 0.735.